The number of aromatic nitrogens is 4. The van der Waals surface area contributed by atoms with E-state index >= 15 is 0 Å². The Kier molecular flexibility index (Phi) is 5.36. The first-order valence-corrected chi connectivity index (χ1v) is 9.74. The van der Waals surface area contributed by atoms with Crippen LogP contribution in [0.4, 0.5) is 8.78 Å². The van der Waals surface area contributed by atoms with Gasteiger partial charge in [0.2, 0.25) is 11.7 Å². The fraction of sp³-hybridized carbons (Fsp3) is 0.611. The summed E-state index contributed by atoms with van der Waals surface area (Å²) in [6.45, 7) is 2.92. The lowest BCUT2D eigenvalue weighted by Gasteiger charge is -2.35. The molecule has 4 rings (SSSR count). The molecule has 1 aliphatic heterocycles. The number of carbonyl (C=O) groups excluding carboxylic acids is 2. The minimum Gasteiger partial charge on any atom is -0.389 e. The van der Waals surface area contributed by atoms with Crippen LogP contribution in [0.2, 0.25) is 0 Å². The Labute approximate surface area is 170 Å². The zero-order valence-electron chi connectivity index (χ0n) is 16.6. The van der Waals surface area contributed by atoms with Gasteiger partial charge in [-0.25, -0.2) is 13.8 Å². The van der Waals surface area contributed by atoms with Gasteiger partial charge in [-0.2, -0.15) is 9.50 Å². The molecule has 2 N–H and O–H groups in total. The van der Waals surface area contributed by atoms with E-state index in [0.29, 0.717) is 31.6 Å². The highest BCUT2D eigenvalue weighted by Gasteiger charge is 2.43. The predicted molar refractivity (Wildman–Crippen MR) is 100.0 cm³/mol. The Morgan fingerprint density at radius 2 is 2.13 bits per heavy atom. The molecule has 2 fully saturated rings. The lowest BCUT2D eigenvalue weighted by atomic mass is 10.1. The van der Waals surface area contributed by atoms with Gasteiger partial charge >= 0.3 is 0 Å². The van der Waals surface area contributed by atoms with Gasteiger partial charge in [0.1, 0.15) is 5.69 Å². The third-order valence-corrected chi connectivity index (χ3v) is 5.78. The summed E-state index contributed by atoms with van der Waals surface area (Å²) in [5, 5.41) is 17.5. The lowest BCUT2D eigenvalue weighted by molar-refractivity contribution is -0.125. The van der Waals surface area contributed by atoms with Gasteiger partial charge in [-0.1, -0.05) is 0 Å². The van der Waals surface area contributed by atoms with Crippen molar-refractivity contribution in [1.29, 1.82) is 0 Å². The number of aliphatic hydroxyl groups excluding tert-OH is 1. The highest BCUT2D eigenvalue weighted by molar-refractivity contribution is 5.91. The Hall–Kier alpha value is -2.73. The van der Waals surface area contributed by atoms with Crippen molar-refractivity contribution in [2.45, 2.75) is 44.4 Å². The number of aliphatic hydroxyl groups is 1. The normalized spacial score (nSPS) is 25.1. The zero-order valence-corrected chi connectivity index (χ0v) is 16.6. The lowest BCUT2D eigenvalue weighted by Crippen LogP contribution is -2.55. The number of halogens is 2. The van der Waals surface area contributed by atoms with E-state index in [-0.39, 0.29) is 30.1 Å². The standard InChI is InChI=1S/C18H23F2N7O3/c1-9-7-12(15(19)20)27-18(22-9)23-16(24-27)17(30)25(2)10-3-4-11(14(10)29)26-6-5-21-13(28)8-26/h7,10-11,14-15,29H,3-6,8H2,1-2H3,(H,21,28)/t10-,11-,14-/m1/s1. The maximum absolute atomic E-state index is 13.3. The minimum atomic E-state index is -2.80. The number of piperazine rings is 1. The minimum absolute atomic E-state index is 0.0776. The third-order valence-electron chi connectivity index (χ3n) is 5.78. The van der Waals surface area contributed by atoms with Crippen molar-refractivity contribution >= 4 is 17.6 Å². The van der Waals surface area contributed by atoms with Crippen LogP contribution in [0.3, 0.4) is 0 Å². The number of nitrogens with zero attached hydrogens (tertiary/aromatic N) is 6. The molecular formula is C18H23F2N7O3. The number of nitrogens with one attached hydrogen (secondary N) is 1. The topological polar surface area (TPSA) is 116 Å². The molecule has 1 aliphatic carbocycles. The molecule has 2 aliphatic rings. The quantitative estimate of drug-likeness (QED) is 0.698. The molecule has 1 saturated carbocycles. The van der Waals surface area contributed by atoms with Gasteiger partial charge in [-0.05, 0) is 25.8 Å². The Morgan fingerprint density at radius 3 is 2.83 bits per heavy atom. The van der Waals surface area contributed by atoms with Gasteiger partial charge in [-0.15, -0.1) is 5.10 Å². The van der Waals surface area contributed by atoms with Gasteiger partial charge in [0.15, 0.2) is 0 Å². The first-order chi connectivity index (χ1) is 14.3. The molecule has 0 spiro atoms. The molecule has 2 aromatic rings. The molecule has 162 valence electrons. The van der Waals surface area contributed by atoms with Gasteiger partial charge in [0.25, 0.3) is 18.1 Å². The van der Waals surface area contributed by atoms with Crippen LogP contribution in [-0.2, 0) is 4.79 Å². The molecule has 10 nitrogen and oxygen atoms in total. The number of rotatable bonds is 4. The third kappa shape index (κ3) is 3.60. The average molecular weight is 423 g/mol. The molecule has 0 radical (unpaired) electrons. The average Bonchev–Trinajstić information content (AvgIpc) is 3.29. The fourth-order valence-corrected chi connectivity index (χ4v) is 4.27. The van der Waals surface area contributed by atoms with Crippen molar-refractivity contribution in [2.75, 3.05) is 26.7 Å². The van der Waals surface area contributed by atoms with Gasteiger partial charge in [-0.3, -0.25) is 14.5 Å². The van der Waals surface area contributed by atoms with Crippen LogP contribution in [0.25, 0.3) is 5.78 Å². The van der Waals surface area contributed by atoms with Crippen molar-refractivity contribution in [3.8, 4) is 0 Å². The summed E-state index contributed by atoms with van der Waals surface area (Å²) in [7, 11) is 1.53. The number of alkyl halides is 2. The fourth-order valence-electron chi connectivity index (χ4n) is 4.27. The smallest absolute Gasteiger partial charge is 0.293 e. The summed E-state index contributed by atoms with van der Waals surface area (Å²) in [5.41, 5.74) is -0.0479. The number of hydrogen-bond donors (Lipinski definition) is 2. The number of likely N-dealkylation sites (N-methyl/N-ethyl adjacent to an activating group) is 1. The molecule has 3 heterocycles. The molecule has 30 heavy (non-hydrogen) atoms. The number of carbonyl (C=O) groups is 2. The SMILES string of the molecule is Cc1cc(C(F)F)n2nc(C(=O)N(C)[C@@H]3CC[C@@H](N4CCNC(=O)C4)[C@@H]3O)nc2n1. The molecule has 12 heteroatoms. The van der Waals surface area contributed by atoms with Gasteiger partial charge in [0.05, 0.1) is 18.7 Å². The van der Waals surface area contributed by atoms with E-state index in [1.165, 1.54) is 18.0 Å². The molecule has 3 atom stereocenters. The van der Waals surface area contributed by atoms with Crippen molar-refractivity contribution in [2.24, 2.45) is 0 Å². The summed E-state index contributed by atoms with van der Waals surface area (Å²) in [6.07, 6.45) is -2.47. The molecule has 1 saturated heterocycles. The van der Waals surface area contributed by atoms with Crippen LogP contribution < -0.4 is 5.32 Å². The molecule has 2 amide bonds. The number of hydrogen-bond acceptors (Lipinski definition) is 7. The first kappa shape index (κ1) is 20.5. The summed E-state index contributed by atoms with van der Waals surface area (Å²) in [5.74, 6) is -1.01. The maximum Gasteiger partial charge on any atom is 0.293 e. The van der Waals surface area contributed by atoms with Crippen molar-refractivity contribution in [1.82, 2.24) is 34.7 Å². The highest BCUT2D eigenvalue weighted by Crippen LogP contribution is 2.29. The Bertz CT molecular complexity index is 982. The van der Waals surface area contributed by atoms with E-state index < -0.39 is 30.2 Å². The molecule has 0 bridgehead atoms. The summed E-state index contributed by atoms with van der Waals surface area (Å²) in [6, 6.07) is 0.466. The highest BCUT2D eigenvalue weighted by atomic mass is 19.3. The summed E-state index contributed by atoms with van der Waals surface area (Å²) < 4.78 is 27.5. The number of amides is 2. The molecule has 2 aromatic heterocycles. The van der Waals surface area contributed by atoms with Gasteiger partial charge < -0.3 is 15.3 Å². The van der Waals surface area contributed by atoms with Crippen molar-refractivity contribution in [3.05, 3.63) is 23.3 Å². The largest absolute Gasteiger partial charge is 0.389 e. The van der Waals surface area contributed by atoms with Gasteiger partial charge in [0, 0.05) is 31.9 Å². The second-order valence-electron chi connectivity index (χ2n) is 7.71. The van der Waals surface area contributed by atoms with Crippen LogP contribution in [0.5, 0.6) is 0 Å². The Morgan fingerprint density at radius 1 is 1.37 bits per heavy atom. The Balaban J connectivity index is 1.54. The van der Waals surface area contributed by atoms with E-state index in [4.69, 9.17) is 0 Å². The molecule has 0 unspecified atom stereocenters. The summed E-state index contributed by atoms with van der Waals surface area (Å²) in [4.78, 5) is 35.9. The van der Waals surface area contributed by atoms with Crippen LogP contribution in [0.1, 0.15) is 41.3 Å². The second-order valence-corrected chi connectivity index (χ2v) is 7.71. The van der Waals surface area contributed by atoms with Crippen molar-refractivity contribution in [3.63, 3.8) is 0 Å². The number of fused-ring (bicyclic) bond motifs is 1. The maximum atomic E-state index is 13.3. The van der Waals surface area contributed by atoms with E-state index in [0.717, 1.165) is 4.52 Å². The van der Waals surface area contributed by atoms with E-state index in [1.807, 2.05) is 4.90 Å². The van der Waals surface area contributed by atoms with E-state index in [1.54, 1.807) is 6.92 Å². The first-order valence-electron chi connectivity index (χ1n) is 9.74. The summed E-state index contributed by atoms with van der Waals surface area (Å²) >= 11 is 0. The van der Waals surface area contributed by atoms with Crippen LogP contribution in [0, 0.1) is 6.92 Å². The van der Waals surface area contributed by atoms with Crippen LogP contribution in [0.15, 0.2) is 6.07 Å². The van der Waals surface area contributed by atoms with E-state index in [9.17, 15) is 23.5 Å². The van der Waals surface area contributed by atoms with Crippen molar-refractivity contribution < 1.29 is 23.5 Å². The van der Waals surface area contributed by atoms with Crippen LogP contribution >= 0.6 is 0 Å². The zero-order chi connectivity index (χ0) is 21.6. The monoisotopic (exact) mass is 423 g/mol. The molecule has 0 aromatic carbocycles. The number of aryl methyl sites for hydroxylation is 1. The van der Waals surface area contributed by atoms with E-state index in [2.05, 4.69) is 20.4 Å². The second kappa shape index (κ2) is 7.84. The predicted octanol–water partition coefficient (Wildman–Crippen LogP) is -0.234. The van der Waals surface area contributed by atoms with Crippen LogP contribution in [-0.4, -0.2) is 91.2 Å². The molecular weight excluding hydrogens is 400 g/mol.